The average Bonchev–Trinajstić information content (AvgIpc) is 3.19. The van der Waals surface area contributed by atoms with E-state index in [1.807, 2.05) is 68.7 Å². The standard InChI is InChI=1S/C25H25N5OS/c1-29(2)18-14-12-17(13-15-18)16-26-28-25-27-23-22(20-10-6-7-11-21(20)32-23)24(31)30(25)19-8-4-3-5-9-19/h3-5,8-9,12-16H,6-7,10-11H2,1-2H3,(H,27,28)/b26-16+. The van der Waals surface area contributed by atoms with E-state index in [2.05, 4.69) is 15.4 Å². The number of nitrogens with zero attached hydrogens (tertiary/aromatic N) is 4. The first kappa shape index (κ1) is 20.5. The van der Waals surface area contributed by atoms with Gasteiger partial charge in [-0.3, -0.25) is 4.79 Å². The molecule has 0 spiro atoms. The van der Waals surface area contributed by atoms with Crippen LogP contribution in [0, 0.1) is 0 Å². The molecule has 32 heavy (non-hydrogen) atoms. The number of hydrogen-bond donors (Lipinski definition) is 1. The lowest BCUT2D eigenvalue weighted by Crippen LogP contribution is -2.23. The Kier molecular flexibility index (Phi) is 5.49. The SMILES string of the molecule is CN(C)c1ccc(/C=N/Nc2nc3sc4c(c3c(=O)n2-c2ccccc2)CCCC4)cc1. The average molecular weight is 444 g/mol. The van der Waals surface area contributed by atoms with E-state index in [4.69, 9.17) is 4.98 Å². The summed E-state index contributed by atoms with van der Waals surface area (Å²) in [6.07, 6.45) is 6.03. The van der Waals surface area contributed by atoms with E-state index >= 15 is 0 Å². The van der Waals surface area contributed by atoms with Crippen LogP contribution >= 0.6 is 11.3 Å². The van der Waals surface area contributed by atoms with Crippen molar-refractivity contribution in [2.24, 2.45) is 5.10 Å². The van der Waals surface area contributed by atoms with Gasteiger partial charge in [0, 0.05) is 24.7 Å². The molecule has 0 saturated carbocycles. The summed E-state index contributed by atoms with van der Waals surface area (Å²) in [6, 6.07) is 17.7. The summed E-state index contributed by atoms with van der Waals surface area (Å²) >= 11 is 1.65. The molecule has 1 N–H and O–H groups in total. The monoisotopic (exact) mass is 443 g/mol. The molecule has 162 valence electrons. The van der Waals surface area contributed by atoms with Crippen LogP contribution in [0.25, 0.3) is 15.9 Å². The molecule has 7 heteroatoms. The molecule has 2 heterocycles. The maximum atomic E-state index is 13.7. The van der Waals surface area contributed by atoms with Gasteiger partial charge in [-0.2, -0.15) is 5.10 Å². The minimum Gasteiger partial charge on any atom is -0.378 e. The van der Waals surface area contributed by atoms with Crippen molar-refractivity contribution in [3.05, 3.63) is 81.0 Å². The van der Waals surface area contributed by atoms with Crippen molar-refractivity contribution in [2.75, 3.05) is 24.4 Å². The molecule has 4 aromatic rings. The van der Waals surface area contributed by atoms with Crippen molar-refractivity contribution in [3.8, 4) is 5.69 Å². The summed E-state index contributed by atoms with van der Waals surface area (Å²) < 4.78 is 1.64. The smallest absolute Gasteiger partial charge is 0.268 e. The number of aryl methyl sites for hydroxylation is 2. The number of hydrazone groups is 1. The van der Waals surface area contributed by atoms with Crippen molar-refractivity contribution in [2.45, 2.75) is 25.7 Å². The predicted molar refractivity (Wildman–Crippen MR) is 134 cm³/mol. The van der Waals surface area contributed by atoms with Crippen LogP contribution in [0.15, 0.2) is 64.5 Å². The van der Waals surface area contributed by atoms with Crippen LogP contribution < -0.4 is 15.9 Å². The highest BCUT2D eigenvalue weighted by molar-refractivity contribution is 7.18. The first-order valence-corrected chi connectivity index (χ1v) is 11.6. The Balaban J connectivity index is 1.56. The zero-order chi connectivity index (χ0) is 22.1. The molecule has 0 amide bonds. The van der Waals surface area contributed by atoms with Crippen molar-refractivity contribution in [3.63, 3.8) is 0 Å². The van der Waals surface area contributed by atoms with Gasteiger partial charge in [0.15, 0.2) is 0 Å². The van der Waals surface area contributed by atoms with Crippen molar-refractivity contribution >= 4 is 39.4 Å². The zero-order valence-electron chi connectivity index (χ0n) is 18.2. The number of rotatable bonds is 5. The third-order valence-corrected chi connectivity index (χ3v) is 6.98. The van der Waals surface area contributed by atoms with Gasteiger partial charge in [-0.25, -0.2) is 15.0 Å². The molecule has 5 rings (SSSR count). The van der Waals surface area contributed by atoms with Gasteiger partial charge in [0.2, 0.25) is 5.95 Å². The van der Waals surface area contributed by atoms with Crippen LogP contribution in [-0.2, 0) is 12.8 Å². The van der Waals surface area contributed by atoms with Crippen LogP contribution in [0.4, 0.5) is 11.6 Å². The lowest BCUT2D eigenvalue weighted by Gasteiger charge is -2.13. The maximum absolute atomic E-state index is 13.7. The number of para-hydroxylation sites is 1. The summed E-state index contributed by atoms with van der Waals surface area (Å²) in [6.45, 7) is 0. The second kappa shape index (κ2) is 8.59. The van der Waals surface area contributed by atoms with Gasteiger partial charge in [0.25, 0.3) is 5.56 Å². The van der Waals surface area contributed by atoms with Gasteiger partial charge in [0.05, 0.1) is 17.3 Å². The molecule has 6 nitrogen and oxygen atoms in total. The summed E-state index contributed by atoms with van der Waals surface area (Å²) in [5, 5.41) is 5.16. The largest absolute Gasteiger partial charge is 0.378 e. The number of nitrogens with one attached hydrogen (secondary N) is 1. The molecule has 0 bridgehead atoms. The fourth-order valence-electron chi connectivity index (χ4n) is 4.12. The summed E-state index contributed by atoms with van der Waals surface area (Å²) in [4.78, 5) is 22.6. The molecule has 1 aliphatic rings. The molecule has 2 aromatic heterocycles. The number of fused-ring (bicyclic) bond motifs is 3. The normalized spacial score (nSPS) is 13.4. The van der Waals surface area contributed by atoms with E-state index in [0.29, 0.717) is 5.95 Å². The summed E-state index contributed by atoms with van der Waals surface area (Å²) in [5.41, 5.74) is 7.05. The lowest BCUT2D eigenvalue weighted by molar-refractivity contribution is 0.699. The Bertz CT molecular complexity index is 1340. The summed E-state index contributed by atoms with van der Waals surface area (Å²) in [5.74, 6) is 0.424. The van der Waals surface area contributed by atoms with E-state index in [9.17, 15) is 4.79 Å². The molecule has 0 radical (unpaired) electrons. The number of aromatic nitrogens is 2. The van der Waals surface area contributed by atoms with Crippen molar-refractivity contribution < 1.29 is 0 Å². The first-order chi connectivity index (χ1) is 15.6. The summed E-state index contributed by atoms with van der Waals surface area (Å²) in [7, 11) is 4.02. The molecule has 0 fully saturated rings. The molecular formula is C25H25N5OS. The van der Waals surface area contributed by atoms with E-state index < -0.39 is 0 Å². The van der Waals surface area contributed by atoms with Gasteiger partial charge in [-0.15, -0.1) is 11.3 Å². The van der Waals surface area contributed by atoms with Crippen LogP contribution in [0.3, 0.4) is 0 Å². The maximum Gasteiger partial charge on any atom is 0.268 e. The Labute approximate surface area is 190 Å². The lowest BCUT2D eigenvalue weighted by atomic mass is 9.97. The quantitative estimate of drug-likeness (QED) is 0.354. The highest BCUT2D eigenvalue weighted by Crippen LogP contribution is 2.34. The fourth-order valence-corrected chi connectivity index (χ4v) is 5.37. The van der Waals surface area contributed by atoms with Crippen molar-refractivity contribution in [1.82, 2.24) is 9.55 Å². The Morgan fingerprint density at radius 3 is 2.56 bits per heavy atom. The van der Waals surface area contributed by atoms with Gasteiger partial charge in [-0.05, 0) is 61.1 Å². The van der Waals surface area contributed by atoms with Crippen LogP contribution in [0.5, 0.6) is 0 Å². The van der Waals surface area contributed by atoms with Crippen LogP contribution in [-0.4, -0.2) is 29.9 Å². The van der Waals surface area contributed by atoms with Gasteiger partial charge >= 0.3 is 0 Å². The Morgan fingerprint density at radius 1 is 1.06 bits per heavy atom. The molecule has 2 aromatic carbocycles. The van der Waals surface area contributed by atoms with E-state index in [1.165, 1.54) is 16.9 Å². The predicted octanol–water partition coefficient (Wildman–Crippen LogP) is 4.84. The Morgan fingerprint density at radius 2 is 1.81 bits per heavy atom. The second-order valence-corrected chi connectivity index (χ2v) is 9.24. The number of hydrogen-bond acceptors (Lipinski definition) is 6. The molecule has 0 unspecified atom stereocenters. The van der Waals surface area contributed by atoms with Gasteiger partial charge in [0.1, 0.15) is 4.83 Å². The number of benzene rings is 2. The number of thiophene rings is 1. The molecule has 0 aliphatic heterocycles. The van der Waals surface area contributed by atoms with Gasteiger partial charge in [-0.1, -0.05) is 30.3 Å². The first-order valence-electron chi connectivity index (χ1n) is 10.8. The minimum atomic E-state index is -0.0337. The molecule has 0 saturated heterocycles. The van der Waals surface area contributed by atoms with Gasteiger partial charge < -0.3 is 4.90 Å². The third kappa shape index (κ3) is 3.80. The topological polar surface area (TPSA) is 62.5 Å². The molecule has 0 atom stereocenters. The van der Waals surface area contributed by atoms with E-state index in [1.54, 1.807) is 22.1 Å². The fraction of sp³-hybridized carbons (Fsp3) is 0.240. The third-order valence-electron chi connectivity index (χ3n) is 5.79. The minimum absolute atomic E-state index is 0.0337. The van der Waals surface area contributed by atoms with Crippen LogP contribution in [0.1, 0.15) is 28.8 Å². The highest BCUT2D eigenvalue weighted by Gasteiger charge is 2.22. The van der Waals surface area contributed by atoms with E-state index in [-0.39, 0.29) is 5.56 Å². The Hall–Kier alpha value is -3.45. The molecular weight excluding hydrogens is 418 g/mol. The molecule has 1 aliphatic carbocycles. The van der Waals surface area contributed by atoms with E-state index in [0.717, 1.165) is 46.4 Å². The zero-order valence-corrected chi connectivity index (χ0v) is 19.0. The highest BCUT2D eigenvalue weighted by atomic mass is 32.1. The van der Waals surface area contributed by atoms with Crippen molar-refractivity contribution in [1.29, 1.82) is 0 Å². The van der Waals surface area contributed by atoms with Crippen LogP contribution in [0.2, 0.25) is 0 Å². The second-order valence-electron chi connectivity index (χ2n) is 8.16. The number of anilines is 2.